The van der Waals surface area contributed by atoms with Crippen molar-refractivity contribution in [2.45, 2.75) is 11.6 Å². The van der Waals surface area contributed by atoms with E-state index in [2.05, 4.69) is 0 Å². The average molecular weight is 387 g/mol. The predicted octanol–water partition coefficient (Wildman–Crippen LogP) is 0.742. The van der Waals surface area contributed by atoms with E-state index in [0.29, 0.717) is 18.0 Å². The van der Waals surface area contributed by atoms with Crippen LogP contribution in [0.4, 0.5) is 0 Å². The molecule has 0 radical (unpaired) electrons. The molecule has 2 aromatic rings. The molecule has 3 atom stereocenters. The van der Waals surface area contributed by atoms with Gasteiger partial charge in [0.05, 0.1) is 7.11 Å². The molecule has 0 amide bonds. The lowest BCUT2D eigenvalue weighted by molar-refractivity contribution is -0.703. The second kappa shape index (κ2) is 7.00. The zero-order chi connectivity index (χ0) is 18.9. The minimum absolute atomic E-state index is 0.668. The summed E-state index contributed by atoms with van der Waals surface area (Å²) in [5.41, 5.74) is 1.46. The lowest BCUT2D eigenvalue weighted by Crippen LogP contribution is -2.49. The first-order chi connectivity index (χ1) is 11.5. The largest absolute Gasteiger partial charge is 0.776 e. The maximum absolute atomic E-state index is 11.9. The molecule has 10 heteroatoms. The lowest BCUT2D eigenvalue weighted by Gasteiger charge is -2.35. The van der Waals surface area contributed by atoms with Gasteiger partial charge in [-0.1, -0.05) is 12.1 Å². The summed E-state index contributed by atoms with van der Waals surface area (Å²) in [6.45, 7) is -0.111. The highest BCUT2D eigenvalue weighted by Crippen LogP contribution is 2.65. The van der Waals surface area contributed by atoms with Crippen LogP contribution in [0.1, 0.15) is 0 Å². The van der Waals surface area contributed by atoms with Crippen LogP contribution < -0.4 is 14.2 Å². The van der Waals surface area contributed by atoms with E-state index in [0.717, 1.165) is 5.56 Å². The average Bonchev–Trinajstić information content (AvgIpc) is 2.53. The Bertz CT molecular complexity index is 819. The Kier molecular flexibility index (Phi) is 5.54. The second-order valence-corrected chi connectivity index (χ2v) is 10.3. The van der Waals surface area contributed by atoms with Crippen LogP contribution in [-0.2, 0) is 15.7 Å². The van der Waals surface area contributed by atoms with Gasteiger partial charge in [0, 0.05) is 18.3 Å². The molecule has 8 nitrogen and oxygen atoms in total. The number of hydrogen-bond donors (Lipinski definition) is 3. The molecule has 136 valence electrons. The van der Waals surface area contributed by atoms with Gasteiger partial charge in [0.2, 0.25) is 7.37 Å². The molecule has 0 aliphatic heterocycles. The molecule has 25 heavy (non-hydrogen) atoms. The third-order valence-corrected chi connectivity index (χ3v) is 8.18. The van der Waals surface area contributed by atoms with Crippen LogP contribution in [0.25, 0.3) is 11.1 Å². The SMILES string of the molecule is COc1ccc(-c2ccc[n+](CC(O)(P(C)(=O)O)P(=O)([O-])O)c2)cc1. The molecule has 0 spiro atoms. The van der Waals surface area contributed by atoms with Crippen LogP contribution in [0, 0.1) is 0 Å². The van der Waals surface area contributed by atoms with Gasteiger partial charge in [0.15, 0.2) is 26.5 Å². The summed E-state index contributed by atoms with van der Waals surface area (Å²) in [7, 11) is -8.56. The third-order valence-electron chi connectivity index (χ3n) is 3.79. The normalized spacial score (nSPS) is 18.6. The van der Waals surface area contributed by atoms with Crippen molar-refractivity contribution in [3.63, 3.8) is 0 Å². The fourth-order valence-electron chi connectivity index (χ4n) is 2.27. The van der Waals surface area contributed by atoms with Gasteiger partial charge in [-0.25, -0.2) is 4.57 Å². The first kappa shape index (κ1) is 19.8. The molecule has 0 saturated carbocycles. The van der Waals surface area contributed by atoms with Crippen LogP contribution in [0.5, 0.6) is 5.75 Å². The van der Waals surface area contributed by atoms with E-state index in [9.17, 15) is 28.9 Å². The first-order valence-corrected chi connectivity index (χ1v) is 10.9. The van der Waals surface area contributed by atoms with E-state index in [1.807, 2.05) is 0 Å². The zero-order valence-electron chi connectivity index (χ0n) is 13.6. The summed E-state index contributed by atoms with van der Waals surface area (Å²) < 4.78 is 29.7. The van der Waals surface area contributed by atoms with Crippen LogP contribution >= 0.6 is 15.0 Å². The molecule has 0 fully saturated rings. The Morgan fingerprint density at radius 3 is 2.24 bits per heavy atom. The van der Waals surface area contributed by atoms with Crippen molar-refractivity contribution in [2.75, 3.05) is 13.8 Å². The Labute approximate surface area is 145 Å². The van der Waals surface area contributed by atoms with Gasteiger partial charge in [0.25, 0.3) is 5.08 Å². The molecule has 0 aliphatic carbocycles. The Morgan fingerprint density at radius 1 is 1.16 bits per heavy atom. The summed E-state index contributed by atoms with van der Waals surface area (Å²) >= 11 is 0. The van der Waals surface area contributed by atoms with Crippen molar-refractivity contribution in [2.24, 2.45) is 0 Å². The Morgan fingerprint density at radius 2 is 1.76 bits per heavy atom. The highest BCUT2D eigenvalue weighted by atomic mass is 31.2. The number of aromatic nitrogens is 1. The number of ether oxygens (including phenoxy) is 1. The quantitative estimate of drug-likeness (QED) is 0.492. The van der Waals surface area contributed by atoms with Gasteiger partial charge in [-0.3, -0.25) is 4.57 Å². The smallest absolute Gasteiger partial charge is 0.263 e. The van der Waals surface area contributed by atoms with Gasteiger partial charge in [0.1, 0.15) is 5.75 Å². The monoisotopic (exact) mass is 387 g/mol. The molecule has 1 heterocycles. The summed E-state index contributed by atoms with van der Waals surface area (Å²) in [5, 5.41) is 7.01. The van der Waals surface area contributed by atoms with Crippen molar-refractivity contribution in [3.05, 3.63) is 48.8 Å². The lowest BCUT2D eigenvalue weighted by atomic mass is 10.1. The number of nitrogens with zero attached hydrogens (tertiary/aromatic N) is 1. The van der Waals surface area contributed by atoms with Gasteiger partial charge in [-0.2, -0.15) is 0 Å². The predicted molar refractivity (Wildman–Crippen MR) is 89.1 cm³/mol. The van der Waals surface area contributed by atoms with Crippen molar-refractivity contribution in [1.82, 2.24) is 0 Å². The molecule has 3 unspecified atom stereocenters. The van der Waals surface area contributed by atoms with E-state index in [1.165, 1.54) is 17.0 Å². The van der Waals surface area contributed by atoms with E-state index in [4.69, 9.17) is 4.74 Å². The Hall–Kier alpha value is -1.53. The van der Waals surface area contributed by atoms with Crippen LogP contribution in [0.15, 0.2) is 48.8 Å². The summed E-state index contributed by atoms with van der Waals surface area (Å²) in [6, 6.07) is 10.4. The second-order valence-electron chi connectivity index (χ2n) is 5.67. The number of pyridine rings is 1. The molecule has 0 bridgehead atoms. The topological polar surface area (TPSA) is 131 Å². The summed E-state index contributed by atoms with van der Waals surface area (Å²) in [4.78, 5) is 30.4. The maximum atomic E-state index is 11.9. The van der Waals surface area contributed by atoms with Crippen LogP contribution in [-0.4, -0.2) is 33.8 Å². The molecule has 2 rings (SSSR count). The van der Waals surface area contributed by atoms with Gasteiger partial charge >= 0.3 is 0 Å². The number of hydrogen-bond acceptors (Lipinski definition) is 5. The molecule has 1 aromatic carbocycles. The van der Waals surface area contributed by atoms with E-state index >= 15 is 0 Å². The van der Waals surface area contributed by atoms with Crippen molar-refractivity contribution in [1.29, 1.82) is 0 Å². The van der Waals surface area contributed by atoms with E-state index in [1.54, 1.807) is 43.5 Å². The van der Waals surface area contributed by atoms with Gasteiger partial charge in [-0.15, -0.1) is 0 Å². The van der Waals surface area contributed by atoms with E-state index in [-0.39, 0.29) is 0 Å². The zero-order valence-corrected chi connectivity index (χ0v) is 15.4. The van der Waals surface area contributed by atoms with Crippen molar-refractivity contribution < 1.29 is 38.2 Å². The van der Waals surface area contributed by atoms with Gasteiger partial charge in [-0.05, 0) is 23.8 Å². The number of benzene rings is 1. The van der Waals surface area contributed by atoms with Crippen molar-refractivity contribution >= 4 is 15.0 Å². The minimum atomic E-state index is -5.52. The molecule has 0 aliphatic rings. The fourth-order valence-corrected chi connectivity index (χ4v) is 4.92. The number of methoxy groups -OCH3 is 1. The summed E-state index contributed by atoms with van der Waals surface area (Å²) in [5.74, 6) is 0.668. The molecule has 0 saturated heterocycles. The van der Waals surface area contributed by atoms with E-state index < -0.39 is 26.6 Å². The highest BCUT2D eigenvalue weighted by Gasteiger charge is 2.54. The molecule has 1 aromatic heterocycles. The van der Waals surface area contributed by atoms with Gasteiger partial charge < -0.3 is 29.1 Å². The minimum Gasteiger partial charge on any atom is -0.776 e. The molecule has 3 N–H and O–H groups in total. The number of rotatable bonds is 6. The van der Waals surface area contributed by atoms with Crippen LogP contribution in [0.2, 0.25) is 0 Å². The molecular weight excluding hydrogens is 368 g/mol. The maximum Gasteiger partial charge on any atom is 0.263 e. The first-order valence-electron chi connectivity index (χ1n) is 7.18. The van der Waals surface area contributed by atoms with Crippen LogP contribution in [0.3, 0.4) is 0 Å². The fraction of sp³-hybridized carbons (Fsp3) is 0.267. The van der Waals surface area contributed by atoms with Crippen molar-refractivity contribution in [3.8, 4) is 16.9 Å². The summed E-state index contributed by atoms with van der Waals surface area (Å²) in [6.07, 6.45) is 2.92. The Balaban J connectivity index is 2.41. The molecular formula is C15H19NO7P2. The standard InChI is InChI=1S/C15H19NO7P2/c1-23-14-7-5-12(6-8-14)13-4-3-9-16(10-13)11-15(17,24(2,18)19)25(20,21)22/h3-10,17H,11H2,1-2H3,(H2-,18,19,20,21,22). The third kappa shape index (κ3) is 4.18. The number of aliphatic hydroxyl groups is 1. The highest BCUT2D eigenvalue weighted by molar-refractivity contribution is 7.74.